The molecule has 58 valence electrons. The molecule has 10 heavy (non-hydrogen) atoms. The van der Waals surface area contributed by atoms with E-state index in [9.17, 15) is 0 Å². The van der Waals surface area contributed by atoms with Crippen molar-refractivity contribution in [3.8, 4) is 0 Å². The van der Waals surface area contributed by atoms with Crippen LogP contribution in [-0.4, -0.2) is 18.0 Å². The summed E-state index contributed by atoms with van der Waals surface area (Å²) in [6.07, 6.45) is -0.582. The third-order valence-electron chi connectivity index (χ3n) is 2.16. The van der Waals surface area contributed by atoms with Crippen molar-refractivity contribution in [2.24, 2.45) is 11.8 Å². The first-order valence-corrected chi connectivity index (χ1v) is 3.58. The van der Waals surface area contributed by atoms with Crippen LogP contribution in [-0.2, 0) is 4.74 Å². The van der Waals surface area contributed by atoms with Crippen LogP contribution in [0.3, 0.4) is 0 Å². The summed E-state index contributed by atoms with van der Waals surface area (Å²) in [5, 5.41) is 9.15. The van der Waals surface area contributed by atoms with Crippen LogP contribution in [0.2, 0.25) is 0 Å². The maximum Gasteiger partial charge on any atom is 0.157 e. The Morgan fingerprint density at radius 3 is 2.50 bits per heavy atom. The minimum Gasteiger partial charge on any atom is -0.368 e. The minimum atomic E-state index is -0.582. The van der Waals surface area contributed by atoms with Gasteiger partial charge in [0.1, 0.15) is 0 Å². The van der Waals surface area contributed by atoms with Gasteiger partial charge >= 0.3 is 0 Å². The quantitative estimate of drug-likeness (QED) is 0.557. The first-order valence-electron chi connectivity index (χ1n) is 3.58. The second-order valence-corrected chi connectivity index (χ2v) is 3.04. The van der Waals surface area contributed by atoms with E-state index in [-0.39, 0.29) is 5.92 Å². The molecule has 0 aromatic carbocycles. The van der Waals surface area contributed by atoms with Crippen LogP contribution >= 0.6 is 0 Å². The summed E-state index contributed by atoms with van der Waals surface area (Å²) in [5.41, 5.74) is 1.10. The van der Waals surface area contributed by atoms with Gasteiger partial charge < -0.3 is 9.84 Å². The number of hydrogen-bond donors (Lipinski definition) is 1. The Bertz CT molecular complexity index is 142. The summed E-state index contributed by atoms with van der Waals surface area (Å²) in [6.45, 7) is 8.41. The third kappa shape index (κ3) is 1.22. The monoisotopic (exact) mass is 142 g/mol. The van der Waals surface area contributed by atoms with Gasteiger partial charge in [0.2, 0.25) is 0 Å². The van der Waals surface area contributed by atoms with E-state index in [0.29, 0.717) is 12.5 Å². The molecule has 0 unspecified atom stereocenters. The first-order chi connectivity index (χ1) is 4.63. The summed E-state index contributed by atoms with van der Waals surface area (Å²) in [7, 11) is 0. The summed E-state index contributed by atoms with van der Waals surface area (Å²) in [4.78, 5) is 0. The minimum absolute atomic E-state index is 0.206. The van der Waals surface area contributed by atoms with Crippen molar-refractivity contribution in [2.45, 2.75) is 20.1 Å². The lowest BCUT2D eigenvalue weighted by molar-refractivity contribution is -0.0786. The molecule has 1 saturated heterocycles. The van der Waals surface area contributed by atoms with Crippen LogP contribution < -0.4 is 0 Å². The molecule has 0 aromatic heterocycles. The van der Waals surface area contributed by atoms with Crippen molar-refractivity contribution >= 4 is 0 Å². The lowest BCUT2D eigenvalue weighted by atomic mass is 9.91. The zero-order valence-electron chi connectivity index (χ0n) is 6.50. The van der Waals surface area contributed by atoms with Crippen molar-refractivity contribution in [3.05, 3.63) is 12.2 Å². The molecule has 1 N–H and O–H groups in total. The van der Waals surface area contributed by atoms with E-state index in [0.717, 1.165) is 5.57 Å². The second kappa shape index (κ2) is 2.72. The van der Waals surface area contributed by atoms with E-state index in [2.05, 4.69) is 6.58 Å². The number of aliphatic hydroxyl groups is 1. The number of rotatable bonds is 1. The van der Waals surface area contributed by atoms with Crippen LogP contribution in [0.4, 0.5) is 0 Å². The van der Waals surface area contributed by atoms with E-state index in [1.807, 2.05) is 13.8 Å². The molecule has 1 rings (SSSR count). The molecule has 0 bridgehead atoms. The topological polar surface area (TPSA) is 29.5 Å². The summed E-state index contributed by atoms with van der Waals surface area (Å²) in [6, 6.07) is 0. The molecule has 0 radical (unpaired) electrons. The molecule has 0 saturated carbocycles. The normalized spacial score (nSPS) is 40.1. The lowest BCUT2D eigenvalue weighted by Gasteiger charge is -2.13. The zero-order valence-corrected chi connectivity index (χ0v) is 6.50. The van der Waals surface area contributed by atoms with Gasteiger partial charge in [-0.15, -0.1) is 0 Å². The van der Waals surface area contributed by atoms with Crippen molar-refractivity contribution in [1.82, 2.24) is 0 Å². The molecule has 0 amide bonds. The highest BCUT2D eigenvalue weighted by molar-refractivity contribution is 5.00. The molecule has 1 aliphatic heterocycles. The van der Waals surface area contributed by atoms with Crippen LogP contribution in [0.25, 0.3) is 0 Å². The Morgan fingerprint density at radius 2 is 2.30 bits per heavy atom. The fourth-order valence-corrected chi connectivity index (χ4v) is 1.30. The number of aliphatic hydroxyl groups excluding tert-OH is 1. The maximum absolute atomic E-state index is 9.15. The van der Waals surface area contributed by atoms with Crippen molar-refractivity contribution in [1.29, 1.82) is 0 Å². The Balaban J connectivity index is 2.57. The second-order valence-electron chi connectivity index (χ2n) is 3.04. The van der Waals surface area contributed by atoms with Gasteiger partial charge in [-0.3, -0.25) is 0 Å². The molecule has 0 aromatic rings. The molecule has 2 heteroatoms. The van der Waals surface area contributed by atoms with E-state index in [1.165, 1.54) is 0 Å². The predicted molar refractivity (Wildman–Crippen MR) is 39.4 cm³/mol. The van der Waals surface area contributed by atoms with E-state index >= 15 is 0 Å². The number of hydrogen-bond acceptors (Lipinski definition) is 2. The van der Waals surface area contributed by atoms with Crippen LogP contribution in [0.15, 0.2) is 12.2 Å². The van der Waals surface area contributed by atoms with E-state index in [1.54, 1.807) is 0 Å². The summed E-state index contributed by atoms with van der Waals surface area (Å²) < 4.78 is 5.03. The largest absolute Gasteiger partial charge is 0.368 e. The van der Waals surface area contributed by atoms with Crippen LogP contribution in [0, 0.1) is 11.8 Å². The molecular weight excluding hydrogens is 128 g/mol. The molecule has 0 aliphatic carbocycles. The number of ether oxygens (including phenoxy) is 1. The standard InChI is InChI=1S/C8H14O2/c1-5(2)7-4-10-8(9)6(7)3/h6-9H,1,4H2,2-3H3/t6-,7+,8-/m1/s1. The summed E-state index contributed by atoms with van der Waals surface area (Å²) in [5.74, 6) is 0.549. The van der Waals surface area contributed by atoms with Gasteiger partial charge in [0, 0.05) is 11.8 Å². The van der Waals surface area contributed by atoms with Gasteiger partial charge in [0.05, 0.1) is 6.61 Å². The Kier molecular flexibility index (Phi) is 2.11. The fraction of sp³-hybridized carbons (Fsp3) is 0.750. The Hall–Kier alpha value is -0.340. The zero-order chi connectivity index (χ0) is 7.72. The van der Waals surface area contributed by atoms with Gasteiger partial charge in [-0.2, -0.15) is 0 Å². The summed E-state index contributed by atoms with van der Waals surface area (Å²) >= 11 is 0. The highest BCUT2D eigenvalue weighted by Crippen LogP contribution is 2.29. The highest BCUT2D eigenvalue weighted by Gasteiger charge is 2.32. The average molecular weight is 142 g/mol. The molecule has 3 atom stereocenters. The van der Waals surface area contributed by atoms with Gasteiger partial charge in [-0.25, -0.2) is 0 Å². The predicted octanol–water partition coefficient (Wildman–Crippen LogP) is 1.16. The molecule has 1 heterocycles. The van der Waals surface area contributed by atoms with Crippen LogP contribution in [0.5, 0.6) is 0 Å². The molecule has 0 spiro atoms. The van der Waals surface area contributed by atoms with E-state index in [4.69, 9.17) is 9.84 Å². The Morgan fingerprint density at radius 1 is 1.70 bits per heavy atom. The molecular formula is C8H14O2. The van der Waals surface area contributed by atoms with Crippen molar-refractivity contribution in [3.63, 3.8) is 0 Å². The fourth-order valence-electron chi connectivity index (χ4n) is 1.30. The Labute approximate surface area is 61.5 Å². The van der Waals surface area contributed by atoms with Crippen LogP contribution in [0.1, 0.15) is 13.8 Å². The highest BCUT2D eigenvalue weighted by atomic mass is 16.6. The van der Waals surface area contributed by atoms with Gasteiger partial charge in [-0.1, -0.05) is 19.1 Å². The molecule has 1 fully saturated rings. The smallest absolute Gasteiger partial charge is 0.157 e. The maximum atomic E-state index is 9.15. The van der Waals surface area contributed by atoms with Gasteiger partial charge in [0.25, 0.3) is 0 Å². The van der Waals surface area contributed by atoms with Gasteiger partial charge in [0.15, 0.2) is 6.29 Å². The lowest BCUT2D eigenvalue weighted by Crippen LogP contribution is -2.16. The molecule has 1 aliphatic rings. The van der Waals surface area contributed by atoms with E-state index < -0.39 is 6.29 Å². The van der Waals surface area contributed by atoms with Crippen molar-refractivity contribution < 1.29 is 9.84 Å². The molecule has 2 nitrogen and oxygen atoms in total. The SMILES string of the molecule is C=C(C)[C@@H]1CO[C@@H](O)[C@@H]1C. The average Bonchev–Trinajstić information content (AvgIpc) is 2.14. The van der Waals surface area contributed by atoms with Gasteiger partial charge in [-0.05, 0) is 6.92 Å². The third-order valence-corrected chi connectivity index (χ3v) is 2.16. The van der Waals surface area contributed by atoms with Crippen molar-refractivity contribution in [2.75, 3.05) is 6.61 Å². The first kappa shape index (κ1) is 7.76.